The molecule has 112 valence electrons. The van der Waals surface area contributed by atoms with Crippen molar-refractivity contribution in [1.82, 2.24) is 0 Å². The average Bonchev–Trinajstić information content (AvgIpc) is 2.24. The molecule has 20 heavy (non-hydrogen) atoms. The van der Waals surface area contributed by atoms with E-state index < -0.39 is 19.7 Å². The number of hydrogen-bond donors (Lipinski definition) is 1. The Morgan fingerprint density at radius 1 is 1.10 bits per heavy atom. The molecule has 0 aromatic heterocycles. The molecule has 0 saturated heterocycles. The van der Waals surface area contributed by atoms with Crippen LogP contribution in [0.25, 0.3) is 0 Å². The van der Waals surface area contributed by atoms with Gasteiger partial charge in [-0.3, -0.25) is 0 Å². The van der Waals surface area contributed by atoms with Crippen LogP contribution in [0.4, 0.5) is 5.69 Å². The molecule has 5 nitrogen and oxygen atoms in total. The van der Waals surface area contributed by atoms with Crippen LogP contribution in [0, 0.1) is 0 Å². The summed E-state index contributed by atoms with van der Waals surface area (Å²) in [4.78, 5) is -0.00856. The Morgan fingerprint density at radius 2 is 1.70 bits per heavy atom. The first-order valence-corrected chi connectivity index (χ1v) is 10.2. The second-order valence-electron chi connectivity index (χ2n) is 5.11. The molecule has 8 heteroatoms. The van der Waals surface area contributed by atoms with E-state index in [0.29, 0.717) is 5.69 Å². The summed E-state index contributed by atoms with van der Waals surface area (Å²) in [6.07, 6.45) is 3.63. The summed E-state index contributed by atoms with van der Waals surface area (Å²) < 4.78 is 46.7. The first kappa shape index (κ1) is 15.6. The highest BCUT2D eigenvalue weighted by Gasteiger charge is 2.28. The topological polar surface area (TPSA) is 80.3 Å². The van der Waals surface area contributed by atoms with E-state index in [-0.39, 0.29) is 21.2 Å². The first-order valence-electron chi connectivity index (χ1n) is 6.02. The lowest BCUT2D eigenvalue weighted by Crippen LogP contribution is -2.36. The van der Waals surface area contributed by atoms with Crippen LogP contribution in [0.15, 0.2) is 28.0 Å². The van der Waals surface area contributed by atoms with E-state index in [1.807, 2.05) is 0 Å². The number of benzene rings is 1. The molecule has 0 spiro atoms. The minimum absolute atomic E-state index is 0.00144. The third-order valence-corrected chi connectivity index (χ3v) is 5.82. The molecule has 0 unspecified atom stereocenters. The van der Waals surface area contributed by atoms with Crippen molar-refractivity contribution < 1.29 is 16.8 Å². The minimum Gasteiger partial charge on any atom is -0.381 e. The van der Waals surface area contributed by atoms with Crippen LogP contribution in [0.3, 0.4) is 0 Å². The summed E-state index contributed by atoms with van der Waals surface area (Å²) in [5, 5.41) is 3.22. The van der Waals surface area contributed by atoms with Crippen molar-refractivity contribution in [3.8, 4) is 0 Å². The molecule has 0 bridgehead atoms. The molecule has 2 rings (SSSR count). The maximum atomic E-state index is 11.8. The molecule has 1 N–H and O–H groups in total. The van der Waals surface area contributed by atoms with Gasteiger partial charge in [0.05, 0.1) is 15.5 Å². The van der Waals surface area contributed by atoms with Gasteiger partial charge in [-0.25, -0.2) is 16.8 Å². The van der Waals surface area contributed by atoms with Gasteiger partial charge >= 0.3 is 0 Å². The van der Waals surface area contributed by atoms with Gasteiger partial charge in [-0.1, -0.05) is 0 Å². The van der Waals surface area contributed by atoms with Crippen LogP contribution in [0.2, 0.25) is 0 Å². The fourth-order valence-corrected chi connectivity index (χ4v) is 4.06. The maximum absolute atomic E-state index is 11.8. The van der Waals surface area contributed by atoms with Crippen LogP contribution >= 0.6 is 11.6 Å². The van der Waals surface area contributed by atoms with Gasteiger partial charge in [0.15, 0.2) is 19.7 Å². The SMILES string of the molecule is CS(=O)(=O)c1ccc(NC2CC(Cl)C2)c(S(C)(=O)=O)c1. The van der Waals surface area contributed by atoms with Gasteiger partial charge in [0, 0.05) is 23.9 Å². The molecule has 1 aliphatic rings. The van der Waals surface area contributed by atoms with E-state index >= 15 is 0 Å². The lowest BCUT2D eigenvalue weighted by atomic mass is 9.92. The molecule has 1 aromatic carbocycles. The summed E-state index contributed by atoms with van der Waals surface area (Å²) in [5.41, 5.74) is 0.425. The normalized spacial score (nSPS) is 23.1. The second-order valence-corrected chi connectivity index (χ2v) is 9.73. The summed E-state index contributed by atoms with van der Waals surface area (Å²) in [6, 6.07) is 4.23. The molecule has 0 atom stereocenters. The monoisotopic (exact) mass is 337 g/mol. The molecule has 1 saturated carbocycles. The fourth-order valence-electron chi connectivity index (χ4n) is 2.05. The smallest absolute Gasteiger partial charge is 0.177 e. The zero-order valence-corrected chi connectivity index (χ0v) is 13.5. The van der Waals surface area contributed by atoms with E-state index in [1.165, 1.54) is 18.2 Å². The molecule has 1 fully saturated rings. The molecule has 0 heterocycles. The quantitative estimate of drug-likeness (QED) is 0.845. The van der Waals surface area contributed by atoms with E-state index in [4.69, 9.17) is 11.6 Å². The summed E-state index contributed by atoms with van der Waals surface area (Å²) >= 11 is 5.89. The zero-order chi connectivity index (χ0) is 15.1. The first-order chi connectivity index (χ1) is 9.07. The highest BCUT2D eigenvalue weighted by molar-refractivity contribution is 7.91. The Kier molecular flexibility index (Phi) is 4.05. The molecule has 0 aliphatic heterocycles. The highest BCUT2D eigenvalue weighted by atomic mass is 35.5. The average molecular weight is 338 g/mol. The Labute approximate surface area is 124 Å². The predicted molar refractivity (Wildman–Crippen MR) is 78.9 cm³/mol. The van der Waals surface area contributed by atoms with Crippen molar-refractivity contribution in [2.45, 2.75) is 34.1 Å². The standard InChI is InChI=1S/C12H16ClNO4S2/c1-19(15,16)10-3-4-11(12(7-10)20(2,17)18)14-9-5-8(13)6-9/h3-4,7-9,14H,5-6H2,1-2H3. The predicted octanol–water partition coefficient (Wildman–Crippen LogP) is 1.68. The number of anilines is 1. The molecular weight excluding hydrogens is 322 g/mol. The van der Waals surface area contributed by atoms with E-state index in [9.17, 15) is 16.8 Å². The van der Waals surface area contributed by atoms with Gasteiger partial charge in [-0.2, -0.15) is 0 Å². The number of alkyl halides is 1. The third-order valence-electron chi connectivity index (χ3n) is 3.22. The number of nitrogens with one attached hydrogen (secondary N) is 1. The summed E-state index contributed by atoms with van der Waals surface area (Å²) in [5.74, 6) is 0. The number of hydrogen-bond acceptors (Lipinski definition) is 5. The summed E-state index contributed by atoms with van der Waals surface area (Å²) in [7, 11) is -6.96. The fraction of sp³-hybridized carbons (Fsp3) is 0.500. The van der Waals surface area contributed by atoms with Crippen molar-refractivity contribution in [3.63, 3.8) is 0 Å². The van der Waals surface area contributed by atoms with Gasteiger partial charge in [0.1, 0.15) is 0 Å². The van der Waals surface area contributed by atoms with Gasteiger partial charge in [-0.15, -0.1) is 11.6 Å². The Balaban J connectivity index is 2.41. The lowest BCUT2D eigenvalue weighted by molar-refractivity contribution is 0.454. The number of halogens is 1. The van der Waals surface area contributed by atoms with Crippen molar-refractivity contribution in [3.05, 3.63) is 18.2 Å². The van der Waals surface area contributed by atoms with Gasteiger partial charge in [0.2, 0.25) is 0 Å². The van der Waals surface area contributed by atoms with Crippen molar-refractivity contribution in [2.24, 2.45) is 0 Å². The molecule has 1 aromatic rings. The molecular formula is C12H16ClNO4S2. The minimum atomic E-state index is -3.52. The zero-order valence-electron chi connectivity index (χ0n) is 11.1. The Bertz CT molecular complexity index is 722. The van der Waals surface area contributed by atoms with Crippen LogP contribution < -0.4 is 5.32 Å². The number of sulfone groups is 2. The third kappa shape index (κ3) is 3.45. The van der Waals surface area contributed by atoms with Crippen LogP contribution in [0.1, 0.15) is 12.8 Å². The maximum Gasteiger partial charge on any atom is 0.177 e. The molecule has 0 amide bonds. The largest absolute Gasteiger partial charge is 0.381 e. The lowest BCUT2D eigenvalue weighted by Gasteiger charge is -2.33. The van der Waals surface area contributed by atoms with Gasteiger partial charge in [-0.05, 0) is 31.0 Å². The molecule has 0 radical (unpaired) electrons. The highest BCUT2D eigenvalue weighted by Crippen LogP contribution is 2.32. The molecule has 1 aliphatic carbocycles. The van der Waals surface area contributed by atoms with E-state index in [0.717, 1.165) is 25.4 Å². The number of rotatable bonds is 4. The Hall–Kier alpha value is -0.790. The van der Waals surface area contributed by atoms with Crippen molar-refractivity contribution in [2.75, 3.05) is 17.8 Å². The van der Waals surface area contributed by atoms with Crippen molar-refractivity contribution in [1.29, 1.82) is 0 Å². The van der Waals surface area contributed by atoms with E-state index in [2.05, 4.69) is 5.32 Å². The van der Waals surface area contributed by atoms with Gasteiger partial charge < -0.3 is 5.32 Å². The Morgan fingerprint density at radius 3 is 2.15 bits per heavy atom. The van der Waals surface area contributed by atoms with Crippen LogP contribution in [-0.2, 0) is 19.7 Å². The van der Waals surface area contributed by atoms with E-state index in [1.54, 1.807) is 0 Å². The van der Waals surface area contributed by atoms with Gasteiger partial charge in [0.25, 0.3) is 0 Å². The van der Waals surface area contributed by atoms with Crippen LogP contribution in [-0.4, -0.2) is 40.8 Å². The second kappa shape index (κ2) is 5.20. The van der Waals surface area contributed by atoms with Crippen LogP contribution in [0.5, 0.6) is 0 Å². The van der Waals surface area contributed by atoms with Crippen molar-refractivity contribution >= 4 is 37.0 Å². The summed E-state index contributed by atoms with van der Waals surface area (Å²) in [6.45, 7) is 0.